The molecule has 0 aliphatic carbocycles. The highest BCUT2D eigenvalue weighted by molar-refractivity contribution is 5.97. The minimum atomic E-state index is -0.513. The van der Waals surface area contributed by atoms with Gasteiger partial charge in [0, 0.05) is 24.1 Å². The maximum atomic E-state index is 11.5. The van der Waals surface area contributed by atoms with Crippen molar-refractivity contribution in [2.45, 2.75) is 39.2 Å². The summed E-state index contributed by atoms with van der Waals surface area (Å²) in [4.78, 5) is 22.9. The average molecular weight is 312 g/mol. The van der Waals surface area contributed by atoms with Crippen molar-refractivity contribution in [3.63, 3.8) is 0 Å². The number of nitriles is 1. The third-order valence-corrected chi connectivity index (χ3v) is 2.60. The van der Waals surface area contributed by atoms with Crippen molar-refractivity contribution in [1.82, 2.24) is 5.32 Å². The molecule has 0 saturated carbocycles. The Hall–Kier alpha value is -2.79. The molecule has 0 radical (unpaired) electrons. The Balaban J connectivity index is 2.41. The number of nitrogens with one attached hydrogen (secondary N) is 1. The largest absolute Gasteiger partial charge is 0.444 e. The van der Waals surface area contributed by atoms with E-state index in [9.17, 15) is 9.59 Å². The molecule has 0 unspecified atom stereocenters. The summed E-state index contributed by atoms with van der Waals surface area (Å²) in [6, 6.07) is 8.61. The number of hydrogen-bond acceptors (Lipinski definition) is 4. The predicted octanol–water partition coefficient (Wildman–Crippen LogP) is 3.05. The van der Waals surface area contributed by atoms with Crippen molar-refractivity contribution in [2.75, 3.05) is 6.54 Å². The highest BCUT2D eigenvalue weighted by Gasteiger charge is 2.15. The Morgan fingerprint density at radius 1 is 1.22 bits per heavy atom. The molecule has 0 heterocycles. The van der Waals surface area contributed by atoms with Crippen LogP contribution in [0.5, 0.6) is 0 Å². The summed E-state index contributed by atoms with van der Waals surface area (Å²) in [5.41, 5.74) is 0.764. The quantitative estimate of drug-likeness (QED) is 0.526. The standard InChI is InChI=1S/C18H20N2O3/c1-18(2,3)23-17(22)20-13-5-4-6-14-7-9-15(10-8-14)16(21)11-12-19/h7-10H,5,11,13H2,1-3H3,(H,20,22). The van der Waals surface area contributed by atoms with E-state index < -0.39 is 11.7 Å². The molecule has 5 nitrogen and oxygen atoms in total. The summed E-state index contributed by atoms with van der Waals surface area (Å²) < 4.78 is 5.10. The molecule has 0 bridgehead atoms. The van der Waals surface area contributed by atoms with E-state index in [0.29, 0.717) is 18.5 Å². The van der Waals surface area contributed by atoms with Gasteiger partial charge in [-0.2, -0.15) is 5.26 Å². The molecule has 0 aromatic heterocycles. The number of carbonyl (C=O) groups is 2. The first-order valence-electron chi connectivity index (χ1n) is 7.28. The molecule has 1 amide bonds. The third-order valence-electron chi connectivity index (χ3n) is 2.60. The SMILES string of the molecule is CC(C)(C)OC(=O)NCCC#Cc1ccc(C(=O)CC#N)cc1. The summed E-state index contributed by atoms with van der Waals surface area (Å²) >= 11 is 0. The molecule has 5 heteroatoms. The first-order chi connectivity index (χ1) is 10.8. The summed E-state index contributed by atoms with van der Waals surface area (Å²) in [5.74, 6) is 5.68. The summed E-state index contributed by atoms with van der Waals surface area (Å²) in [6.45, 7) is 5.81. The normalized spacial score (nSPS) is 10.0. The highest BCUT2D eigenvalue weighted by Crippen LogP contribution is 2.07. The van der Waals surface area contributed by atoms with Crippen LogP contribution in [-0.4, -0.2) is 24.0 Å². The number of Topliss-reactive ketones (excluding diaryl/α,β-unsaturated/α-hetero) is 1. The summed E-state index contributed by atoms with van der Waals surface area (Å²) in [7, 11) is 0. The number of rotatable bonds is 4. The first-order valence-corrected chi connectivity index (χ1v) is 7.28. The van der Waals surface area contributed by atoms with Crippen LogP contribution in [0.25, 0.3) is 0 Å². The fourth-order valence-electron chi connectivity index (χ4n) is 1.62. The topological polar surface area (TPSA) is 79.2 Å². The second-order valence-corrected chi connectivity index (χ2v) is 5.82. The van der Waals surface area contributed by atoms with Crippen LogP contribution in [0.3, 0.4) is 0 Å². The second-order valence-electron chi connectivity index (χ2n) is 5.82. The van der Waals surface area contributed by atoms with Crippen LogP contribution < -0.4 is 5.32 Å². The molecule has 1 aromatic rings. The van der Waals surface area contributed by atoms with Gasteiger partial charge >= 0.3 is 6.09 Å². The fraction of sp³-hybridized carbons (Fsp3) is 0.389. The number of alkyl carbamates (subject to hydrolysis) is 1. The van der Waals surface area contributed by atoms with Crippen LogP contribution in [0, 0.1) is 23.2 Å². The third kappa shape index (κ3) is 7.68. The lowest BCUT2D eigenvalue weighted by molar-refractivity contribution is 0.0529. The molecule has 0 aliphatic heterocycles. The number of nitrogens with zero attached hydrogens (tertiary/aromatic N) is 1. The number of ketones is 1. The van der Waals surface area contributed by atoms with Crippen molar-refractivity contribution in [3.05, 3.63) is 35.4 Å². The monoisotopic (exact) mass is 312 g/mol. The molecule has 1 aromatic carbocycles. The molecule has 1 N–H and O–H groups in total. The Bertz CT molecular complexity index is 653. The van der Waals surface area contributed by atoms with E-state index in [1.54, 1.807) is 45.0 Å². The number of amides is 1. The second kappa shape index (κ2) is 8.60. The molecule has 0 aliphatic rings. The van der Waals surface area contributed by atoms with Gasteiger partial charge in [-0.3, -0.25) is 4.79 Å². The van der Waals surface area contributed by atoms with Crippen LogP contribution >= 0.6 is 0 Å². The average Bonchev–Trinajstić information content (AvgIpc) is 2.46. The van der Waals surface area contributed by atoms with Gasteiger partial charge in [-0.05, 0) is 32.9 Å². The number of benzene rings is 1. The molecule has 0 spiro atoms. The van der Waals surface area contributed by atoms with E-state index in [-0.39, 0.29) is 12.2 Å². The smallest absolute Gasteiger partial charge is 0.407 e. The van der Waals surface area contributed by atoms with Crippen LogP contribution in [0.1, 0.15) is 49.5 Å². The van der Waals surface area contributed by atoms with E-state index in [0.717, 1.165) is 5.56 Å². The number of carbonyl (C=O) groups excluding carboxylic acids is 2. The van der Waals surface area contributed by atoms with Crippen LogP contribution in [0.2, 0.25) is 0 Å². The maximum absolute atomic E-state index is 11.5. The molecule has 0 saturated heterocycles. The summed E-state index contributed by atoms with van der Waals surface area (Å²) in [5, 5.41) is 11.1. The zero-order valence-corrected chi connectivity index (χ0v) is 13.6. The van der Waals surface area contributed by atoms with Crippen molar-refractivity contribution < 1.29 is 14.3 Å². The van der Waals surface area contributed by atoms with E-state index >= 15 is 0 Å². The van der Waals surface area contributed by atoms with Crippen molar-refractivity contribution in [3.8, 4) is 17.9 Å². The number of hydrogen-bond donors (Lipinski definition) is 1. The molecule has 0 atom stereocenters. The first kappa shape index (κ1) is 18.3. The molecular weight excluding hydrogens is 292 g/mol. The molecule has 120 valence electrons. The minimum Gasteiger partial charge on any atom is -0.444 e. The van der Waals surface area contributed by atoms with Crippen LogP contribution in [-0.2, 0) is 4.74 Å². The van der Waals surface area contributed by atoms with E-state index in [2.05, 4.69) is 17.2 Å². The zero-order chi connectivity index (χ0) is 17.3. The van der Waals surface area contributed by atoms with Gasteiger partial charge in [0.05, 0.1) is 12.5 Å². The lowest BCUT2D eigenvalue weighted by atomic mass is 10.1. The Kier molecular flexibility index (Phi) is 6.83. The molecule has 0 fully saturated rings. The van der Waals surface area contributed by atoms with Crippen LogP contribution in [0.4, 0.5) is 4.79 Å². The maximum Gasteiger partial charge on any atom is 0.407 e. The predicted molar refractivity (Wildman–Crippen MR) is 86.7 cm³/mol. The van der Waals surface area contributed by atoms with Gasteiger partial charge in [0.15, 0.2) is 5.78 Å². The molecule has 23 heavy (non-hydrogen) atoms. The Morgan fingerprint density at radius 2 is 1.87 bits per heavy atom. The minimum absolute atomic E-state index is 0.124. The van der Waals surface area contributed by atoms with Gasteiger partial charge in [0.25, 0.3) is 0 Å². The lowest BCUT2D eigenvalue weighted by Gasteiger charge is -2.19. The van der Waals surface area contributed by atoms with Gasteiger partial charge in [0.1, 0.15) is 5.60 Å². The van der Waals surface area contributed by atoms with Gasteiger partial charge in [-0.25, -0.2) is 4.79 Å². The van der Waals surface area contributed by atoms with Crippen molar-refractivity contribution in [1.29, 1.82) is 5.26 Å². The van der Waals surface area contributed by atoms with Gasteiger partial charge in [-0.1, -0.05) is 24.0 Å². The lowest BCUT2D eigenvalue weighted by Crippen LogP contribution is -2.32. The molecular formula is C18H20N2O3. The number of ether oxygens (including phenoxy) is 1. The van der Waals surface area contributed by atoms with E-state index in [1.165, 1.54) is 0 Å². The van der Waals surface area contributed by atoms with Crippen molar-refractivity contribution >= 4 is 11.9 Å². The van der Waals surface area contributed by atoms with E-state index in [4.69, 9.17) is 10.00 Å². The highest BCUT2D eigenvalue weighted by atomic mass is 16.6. The zero-order valence-electron chi connectivity index (χ0n) is 13.6. The van der Waals surface area contributed by atoms with Crippen LogP contribution in [0.15, 0.2) is 24.3 Å². The summed E-state index contributed by atoms with van der Waals surface area (Å²) in [6.07, 6.45) is -0.0879. The van der Waals surface area contributed by atoms with Gasteiger partial charge in [-0.15, -0.1) is 0 Å². The molecule has 1 rings (SSSR count). The van der Waals surface area contributed by atoms with Gasteiger partial charge < -0.3 is 10.1 Å². The Labute approximate surface area is 136 Å². The fourth-order valence-corrected chi connectivity index (χ4v) is 1.62. The van der Waals surface area contributed by atoms with Gasteiger partial charge in [0.2, 0.25) is 0 Å². The van der Waals surface area contributed by atoms with Crippen molar-refractivity contribution in [2.24, 2.45) is 0 Å². The van der Waals surface area contributed by atoms with E-state index in [1.807, 2.05) is 6.07 Å². The Morgan fingerprint density at radius 3 is 2.43 bits per heavy atom.